The fraction of sp³-hybridized carbons (Fsp3) is 0.333. The van der Waals surface area contributed by atoms with Gasteiger partial charge in [-0.3, -0.25) is 9.59 Å². The van der Waals surface area contributed by atoms with Crippen molar-refractivity contribution in [2.24, 2.45) is 5.92 Å². The smallest absolute Gasteiger partial charge is 0.246 e. The molecule has 1 fully saturated rings. The van der Waals surface area contributed by atoms with Crippen LogP contribution in [0.4, 0.5) is 5.69 Å². The van der Waals surface area contributed by atoms with Crippen LogP contribution in [-0.2, 0) is 9.59 Å². The average Bonchev–Trinajstić information content (AvgIpc) is 2.81. The molecular weight excluding hydrogens is 380 g/mol. The number of carbonyl (C=O) groups excluding carboxylic acids is 2. The number of carbonyl (C=O) groups is 2. The highest BCUT2D eigenvalue weighted by atomic mass is 16.5. The maximum absolute atomic E-state index is 13.0. The summed E-state index contributed by atoms with van der Waals surface area (Å²) in [6, 6.07) is 15.2. The molecule has 2 amide bonds. The fourth-order valence-corrected chi connectivity index (χ4v) is 3.62. The molecule has 2 aromatic rings. The van der Waals surface area contributed by atoms with Crippen LogP contribution in [-0.4, -0.2) is 51.1 Å². The molecule has 6 nitrogen and oxygen atoms in total. The number of hydrogen-bond donors (Lipinski definition) is 0. The van der Waals surface area contributed by atoms with E-state index in [1.165, 1.54) is 0 Å². The Morgan fingerprint density at radius 2 is 1.67 bits per heavy atom. The van der Waals surface area contributed by atoms with E-state index < -0.39 is 0 Å². The number of benzene rings is 2. The van der Waals surface area contributed by atoms with Crippen LogP contribution in [0.2, 0.25) is 0 Å². The first-order valence-electron chi connectivity index (χ1n) is 10.0. The van der Waals surface area contributed by atoms with Crippen molar-refractivity contribution in [2.45, 2.75) is 12.8 Å². The topological polar surface area (TPSA) is 59.1 Å². The minimum Gasteiger partial charge on any atom is -0.493 e. The summed E-state index contributed by atoms with van der Waals surface area (Å²) in [7, 11) is 4.92. The Morgan fingerprint density at radius 1 is 1.00 bits per heavy atom. The van der Waals surface area contributed by atoms with Gasteiger partial charge in [0.2, 0.25) is 11.8 Å². The molecule has 0 radical (unpaired) electrons. The van der Waals surface area contributed by atoms with Crippen LogP contribution in [0.3, 0.4) is 0 Å². The van der Waals surface area contributed by atoms with Crippen LogP contribution >= 0.6 is 0 Å². The van der Waals surface area contributed by atoms with E-state index in [0.29, 0.717) is 37.4 Å². The number of hydrogen-bond acceptors (Lipinski definition) is 4. The summed E-state index contributed by atoms with van der Waals surface area (Å²) in [5.74, 6) is 1.13. The lowest BCUT2D eigenvalue weighted by molar-refractivity contribution is -0.130. The number of piperidine rings is 1. The van der Waals surface area contributed by atoms with Gasteiger partial charge in [-0.25, -0.2) is 0 Å². The molecule has 0 aromatic heterocycles. The summed E-state index contributed by atoms with van der Waals surface area (Å²) < 4.78 is 10.6. The Morgan fingerprint density at radius 3 is 2.30 bits per heavy atom. The molecule has 0 atom stereocenters. The molecule has 6 heteroatoms. The van der Waals surface area contributed by atoms with Gasteiger partial charge in [0, 0.05) is 43.9 Å². The highest BCUT2D eigenvalue weighted by molar-refractivity contribution is 5.95. The second-order valence-electron chi connectivity index (χ2n) is 7.28. The SMILES string of the molecule is COc1ccc(N(C)C(=O)C2CCN(C(=O)/C=C/c3ccccc3)CC2)cc1OC. The van der Waals surface area contributed by atoms with E-state index in [9.17, 15) is 9.59 Å². The molecule has 1 aliphatic heterocycles. The molecule has 0 bridgehead atoms. The lowest BCUT2D eigenvalue weighted by atomic mass is 9.95. The third kappa shape index (κ3) is 5.00. The number of methoxy groups -OCH3 is 2. The van der Waals surface area contributed by atoms with Crippen molar-refractivity contribution >= 4 is 23.6 Å². The van der Waals surface area contributed by atoms with Gasteiger partial charge in [0.25, 0.3) is 0 Å². The highest BCUT2D eigenvalue weighted by Gasteiger charge is 2.29. The van der Waals surface area contributed by atoms with Crippen LogP contribution < -0.4 is 14.4 Å². The first-order valence-corrected chi connectivity index (χ1v) is 10.0. The van der Waals surface area contributed by atoms with Crippen molar-refractivity contribution in [2.75, 3.05) is 39.3 Å². The van der Waals surface area contributed by atoms with E-state index in [4.69, 9.17) is 9.47 Å². The maximum atomic E-state index is 13.0. The Balaban J connectivity index is 1.57. The van der Waals surface area contributed by atoms with E-state index in [0.717, 1.165) is 11.3 Å². The Bertz CT molecular complexity index is 903. The molecule has 3 rings (SSSR count). The predicted molar refractivity (Wildman–Crippen MR) is 118 cm³/mol. The minimum atomic E-state index is -0.106. The van der Waals surface area contributed by atoms with Crippen LogP contribution in [0.15, 0.2) is 54.6 Å². The summed E-state index contributed by atoms with van der Waals surface area (Å²) in [6.45, 7) is 1.16. The molecule has 30 heavy (non-hydrogen) atoms. The van der Waals surface area contributed by atoms with E-state index in [1.807, 2.05) is 42.5 Å². The molecule has 1 heterocycles. The maximum Gasteiger partial charge on any atom is 0.246 e. The van der Waals surface area contributed by atoms with Gasteiger partial charge < -0.3 is 19.3 Å². The number of amides is 2. The first-order chi connectivity index (χ1) is 14.5. The molecule has 0 unspecified atom stereocenters. The number of likely N-dealkylation sites (tertiary alicyclic amines) is 1. The van der Waals surface area contributed by atoms with E-state index in [-0.39, 0.29) is 17.7 Å². The minimum absolute atomic E-state index is 0.0157. The zero-order chi connectivity index (χ0) is 21.5. The zero-order valence-electron chi connectivity index (χ0n) is 17.7. The second kappa shape index (κ2) is 9.96. The highest BCUT2D eigenvalue weighted by Crippen LogP contribution is 2.32. The molecule has 0 aliphatic carbocycles. The van der Waals surface area contributed by atoms with Crippen molar-refractivity contribution < 1.29 is 19.1 Å². The standard InChI is InChI=1S/C24H28N2O4/c1-25(20-10-11-21(29-2)22(17-20)30-3)24(28)19-13-15-26(16-14-19)23(27)12-9-18-7-5-4-6-8-18/h4-12,17,19H,13-16H2,1-3H3/b12-9+. The molecule has 2 aromatic carbocycles. The van der Waals surface area contributed by atoms with Crippen molar-refractivity contribution in [3.63, 3.8) is 0 Å². The molecule has 1 saturated heterocycles. The van der Waals surface area contributed by atoms with Gasteiger partial charge in [0.1, 0.15) is 0 Å². The van der Waals surface area contributed by atoms with Gasteiger partial charge in [0.05, 0.1) is 14.2 Å². The molecule has 1 aliphatic rings. The number of anilines is 1. The van der Waals surface area contributed by atoms with E-state index in [1.54, 1.807) is 49.3 Å². The quantitative estimate of drug-likeness (QED) is 0.685. The van der Waals surface area contributed by atoms with Crippen LogP contribution in [0.25, 0.3) is 6.08 Å². The number of rotatable bonds is 6. The van der Waals surface area contributed by atoms with Crippen LogP contribution in [0, 0.1) is 5.92 Å². The molecule has 0 spiro atoms. The summed E-state index contributed by atoms with van der Waals surface area (Å²) in [5.41, 5.74) is 1.74. The number of ether oxygens (including phenoxy) is 2. The van der Waals surface area contributed by atoms with Crippen molar-refractivity contribution in [3.05, 3.63) is 60.2 Å². The number of nitrogens with zero attached hydrogens (tertiary/aromatic N) is 2. The first kappa shape index (κ1) is 21.4. The monoisotopic (exact) mass is 408 g/mol. The largest absolute Gasteiger partial charge is 0.493 e. The van der Waals surface area contributed by atoms with E-state index in [2.05, 4.69) is 0 Å². The van der Waals surface area contributed by atoms with Gasteiger partial charge in [0.15, 0.2) is 11.5 Å². The zero-order valence-corrected chi connectivity index (χ0v) is 17.7. The van der Waals surface area contributed by atoms with Gasteiger partial charge in [-0.1, -0.05) is 30.3 Å². The molecule has 0 saturated carbocycles. The van der Waals surface area contributed by atoms with Gasteiger partial charge in [-0.05, 0) is 36.6 Å². The summed E-state index contributed by atoms with van der Waals surface area (Å²) in [6.07, 6.45) is 4.74. The summed E-state index contributed by atoms with van der Waals surface area (Å²) in [5, 5.41) is 0. The molecule has 158 valence electrons. The van der Waals surface area contributed by atoms with Crippen LogP contribution in [0.1, 0.15) is 18.4 Å². The summed E-state index contributed by atoms with van der Waals surface area (Å²) in [4.78, 5) is 28.9. The fourth-order valence-electron chi connectivity index (χ4n) is 3.62. The third-order valence-corrected chi connectivity index (χ3v) is 5.46. The normalized spacial score (nSPS) is 14.6. The third-order valence-electron chi connectivity index (χ3n) is 5.46. The Kier molecular flexibility index (Phi) is 7.12. The van der Waals surface area contributed by atoms with Gasteiger partial charge >= 0.3 is 0 Å². The predicted octanol–water partition coefficient (Wildman–Crippen LogP) is 3.62. The average molecular weight is 408 g/mol. The van der Waals surface area contributed by atoms with E-state index >= 15 is 0 Å². The molecule has 0 N–H and O–H groups in total. The van der Waals surface area contributed by atoms with Crippen molar-refractivity contribution in [3.8, 4) is 11.5 Å². The van der Waals surface area contributed by atoms with Crippen molar-refractivity contribution in [1.82, 2.24) is 4.90 Å². The lowest BCUT2D eigenvalue weighted by Gasteiger charge is -2.32. The summed E-state index contributed by atoms with van der Waals surface area (Å²) >= 11 is 0. The van der Waals surface area contributed by atoms with Gasteiger partial charge in [-0.15, -0.1) is 0 Å². The Hall–Kier alpha value is -3.28. The van der Waals surface area contributed by atoms with Crippen LogP contribution in [0.5, 0.6) is 11.5 Å². The lowest BCUT2D eigenvalue weighted by Crippen LogP contribution is -2.43. The Labute approximate surface area is 177 Å². The van der Waals surface area contributed by atoms with Crippen molar-refractivity contribution in [1.29, 1.82) is 0 Å². The molecular formula is C24H28N2O4. The van der Waals surface area contributed by atoms with Gasteiger partial charge in [-0.2, -0.15) is 0 Å². The second-order valence-corrected chi connectivity index (χ2v) is 7.28.